The molecule has 5 heteroatoms. The molecule has 0 radical (unpaired) electrons. The topological polar surface area (TPSA) is 64.6 Å². The number of carbonyl (C=O) groups is 2. The van der Waals surface area contributed by atoms with Crippen LogP contribution >= 0.6 is 0 Å². The highest BCUT2D eigenvalue weighted by atomic mass is 16.6. The van der Waals surface area contributed by atoms with Crippen LogP contribution in [0.15, 0.2) is 35.9 Å². The average Bonchev–Trinajstić information content (AvgIpc) is 2.49. The lowest BCUT2D eigenvalue weighted by Gasteiger charge is -2.24. The maximum atomic E-state index is 12.1. The molecule has 1 rings (SSSR count). The number of benzene rings is 1. The van der Waals surface area contributed by atoms with Crippen molar-refractivity contribution < 1.29 is 19.1 Å². The van der Waals surface area contributed by atoms with Crippen LogP contribution in [0.3, 0.4) is 0 Å². The quantitative estimate of drug-likeness (QED) is 0.640. The molecule has 0 heterocycles. The summed E-state index contributed by atoms with van der Waals surface area (Å²) in [6.07, 6.45) is 2.67. The highest BCUT2D eigenvalue weighted by molar-refractivity contribution is 5.78. The first-order valence-electron chi connectivity index (χ1n) is 7.59. The molecule has 1 aromatic rings. The fourth-order valence-corrected chi connectivity index (χ4v) is 2.05. The van der Waals surface area contributed by atoms with Crippen molar-refractivity contribution in [2.75, 3.05) is 7.11 Å². The van der Waals surface area contributed by atoms with Gasteiger partial charge in [-0.15, -0.1) is 0 Å². The van der Waals surface area contributed by atoms with E-state index in [-0.39, 0.29) is 0 Å². The van der Waals surface area contributed by atoms with Crippen molar-refractivity contribution in [1.29, 1.82) is 0 Å². The molecule has 0 fully saturated rings. The van der Waals surface area contributed by atoms with E-state index in [4.69, 9.17) is 9.47 Å². The third kappa shape index (κ3) is 6.14. The zero-order chi connectivity index (χ0) is 17.5. The second-order valence-corrected chi connectivity index (χ2v) is 6.08. The Balaban J connectivity index is 3.08. The monoisotopic (exact) mass is 319 g/mol. The minimum Gasteiger partial charge on any atom is -0.497 e. The molecule has 0 unspecified atom stereocenters. The molecule has 126 valence electrons. The second-order valence-electron chi connectivity index (χ2n) is 6.08. The molecule has 0 bridgehead atoms. The van der Waals surface area contributed by atoms with Crippen molar-refractivity contribution in [3.8, 4) is 5.75 Å². The van der Waals surface area contributed by atoms with Gasteiger partial charge < -0.3 is 14.8 Å². The third-order valence-electron chi connectivity index (χ3n) is 3.02. The SMILES string of the molecule is CC/C=C(\C=O)[C@H](NC(=O)OC(C)(C)C)c1ccc(OC)cc1. The van der Waals surface area contributed by atoms with Crippen LogP contribution in [0, 0.1) is 0 Å². The molecule has 0 spiro atoms. The lowest BCUT2D eigenvalue weighted by molar-refractivity contribution is -0.105. The first-order valence-corrected chi connectivity index (χ1v) is 7.59. The summed E-state index contributed by atoms with van der Waals surface area (Å²) in [5, 5.41) is 2.76. The van der Waals surface area contributed by atoms with Gasteiger partial charge in [-0.2, -0.15) is 0 Å². The van der Waals surface area contributed by atoms with Gasteiger partial charge in [0.15, 0.2) is 0 Å². The smallest absolute Gasteiger partial charge is 0.408 e. The minimum atomic E-state index is -0.607. The summed E-state index contributed by atoms with van der Waals surface area (Å²) in [6.45, 7) is 7.30. The Morgan fingerprint density at radius 3 is 2.30 bits per heavy atom. The molecular weight excluding hydrogens is 294 g/mol. The molecule has 1 aromatic carbocycles. The lowest BCUT2D eigenvalue weighted by atomic mass is 9.98. The van der Waals surface area contributed by atoms with Gasteiger partial charge in [0, 0.05) is 5.57 Å². The van der Waals surface area contributed by atoms with Gasteiger partial charge in [0.2, 0.25) is 0 Å². The third-order valence-corrected chi connectivity index (χ3v) is 3.02. The van der Waals surface area contributed by atoms with Crippen molar-refractivity contribution in [2.24, 2.45) is 0 Å². The van der Waals surface area contributed by atoms with E-state index in [1.807, 2.05) is 19.1 Å². The van der Waals surface area contributed by atoms with Crippen molar-refractivity contribution in [1.82, 2.24) is 5.32 Å². The van der Waals surface area contributed by atoms with Gasteiger partial charge in [-0.3, -0.25) is 4.79 Å². The summed E-state index contributed by atoms with van der Waals surface area (Å²) >= 11 is 0. The summed E-state index contributed by atoms with van der Waals surface area (Å²) in [7, 11) is 1.58. The van der Waals surface area contributed by atoms with Gasteiger partial charge in [0.25, 0.3) is 0 Å². The van der Waals surface area contributed by atoms with Gasteiger partial charge in [0.05, 0.1) is 13.2 Å². The fraction of sp³-hybridized carbons (Fsp3) is 0.444. The average molecular weight is 319 g/mol. The van der Waals surface area contributed by atoms with E-state index < -0.39 is 17.7 Å². The van der Waals surface area contributed by atoms with E-state index in [9.17, 15) is 9.59 Å². The highest BCUT2D eigenvalue weighted by Gasteiger charge is 2.23. The first-order chi connectivity index (χ1) is 10.8. The number of nitrogens with one attached hydrogen (secondary N) is 1. The molecular formula is C18H25NO4. The molecule has 0 saturated heterocycles. The normalized spacial score (nSPS) is 13.2. The Bertz CT molecular complexity index is 555. The Morgan fingerprint density at radius 1 is 1.26 bits per heavy atom. The van der Waals surface area contributed by atoms with E-state index in [1.54, 1.807) is 46.1 Å². The lowest BCUT2D eigenvalue weighted by Crippen LogP contribution is -2.36. The number of rotatable bonds is 6. The van der Waals surface area contributed by atoms with Crippen LogP contribution in [-0.2, 0) is 9.53 Å². The molecule has 0 aliphatic carbocycles. The molecule has 0 aromatic heterocycles. The van der Waals surface area contributed by atoms with Crippen LogP contribution in [0.4, 0.5) is 4.79 Å². The molecule has 0 aliphatic heterocycles. The second kappa shape index (κ2) is 8.36. The number of carbonyl (C=O) groups excluding carboxylic acids is 2. The van der Waals surface area contributed by atoms with Gasteiger partial charge >= 0.3 is 6.09 Å². The van der Waals surface area contributed by atoms with Gasteiger partial charge in [0.1, 0.15) is 17.6 Å². The van der Waals surface area contributed by atoms with Gasteiger partial charge in [-0.1, -0.05) is 25.1 Å². The predicted molar refractivity (Wildman–Crippen MR) is 89.5 cm³/mol. The maximum Gasteiger partial charge on any atom is 0.408 e. The molecule has 23 heavy (non-hydrogen) atoms. The Kier molecular flexibility index (Phi) is 6.82. The molecule has 1 amide bonds. The van der Waals surface area contributed by atoms with E-state index in [0.29, 0.717) is 17.7 Å². The standard InChI is InChI=1S/C18H25NO4/c1-6-7-14(12-20)16(19-17(21)23-18(2,3)4)13-8-10-15(22-5)11-9-13/h7-12,16H,6H2,1-5H3,(H,19,21)/b14-7+/t16-/m1/s1. The molecule has 1 atom stereocenters. The number of ether oxygens (including phenoxy) is 2. The van der Waals surface area contributed by atoms with Gasteiger partial charge in [-0.05, 0) is 44.9 Å². The summed E-state index contributed by atoms with van der Waals surface area (Å²) in [6, 6.07) is 6.64. The highest BCUT2D eigenvalue weighted by Crippen LogP contribution is 2.24. The zero-order valence-corrected chi connectivity index (χ0v) is 14.4. The van der Waals surface area contributed by atoms with Crippen molar-refractivity contribution in [3.05, 3.63) is 41.5 Å². The maximum absolute atomic E-state index is 12.1. The summed E-state index contributed by atoms with van der Waals surface area (Å²) in [5.41, 5.74) is 0.664. The van der Waals surface area contributed by atoms with E-state index in [2.05, 4.69) is 5.32 Å². The first kappa shape index (κ1) is 18.7. The molecule has 5 nitrogen and oxygen atoms in total. The zero-order valence-electron chi connectivity index (χ0n) is 14.4. The van der Waals surface area contributed by atoms with Crippen molar-refractivity contribution >= 4 is 12.4 Å². The van der Waals surface area contributed by atoms with Crippen molar-refractivity contribution in [2.45, 2.75) is 45.8 Å². The number of allylic oxidation sites excluding steroid dienone is 1. The summed E-state index contributed by atoms with van der Waals surface area (Å²) in [4.78, 5) is 23.5. The Labute approximate surface area is 137 Å². The predicted octanol–water partition coefficient (Wildman–Crippen LogP) is 3.80. The minimum absolute atomic E-state index is 0.489. The van der Waals surface area contributed by atoms with Crippen LogP contribution in [-0.4, -0.2) is 25.1 Å². The van der Waals surface area contributed by atoms with Crippen LogP contribution in [0.25, 0.3) is 0 Å². The number of amides is 1. The van der Waals surface area contributed by atoms with E-state index in [0.717, 1.165) is 11.8 Å². The molecule has 0 saturated carbocycles. The molecule has 1 N–H and O–H groups in total. The number of hydrogen-bond donors (Lipinski definition) is 1. The Morgan fingerprint density at radius 2 is 1.87 bits per heavy atom. The summed E-state index contributed by atoms with van der Waals surface area (Å²) < 4.78 is 10.4. The number of aldehydes is 1. The van der Waals surface area contributed by atoms with Crippen LogP contribution < -0.4 is 10.1 Å². The molecule has 0 aliphatic rings. The number of methoxy groups -OCH3 is 1. The Hall–Kier alpha value is -2.30. The fourth-order valence-electron chi connectivity index (χ4n) is 2.05. The summed E-state index contributed by atoms with van der Waals surface area (Å²) in [5.74, 6) is 0.705. The van der Waals surface area contributed by atoms with Crippen LogP contribution in [0.5, 0.6) is 5.75 Å². The van der Waals surface area contributed by atoms with Crippen LogP contribution in [0.2, 0.25) is 0 Å². The van der Waals surface area contributed by atoms with E-state index in [1.165, 1.54) is 0 Å². The van der Waals surface area contributed by atoms with Gasteiger partial charge in [-0.25, -0.2) is 4.79 Å². The van der Waals surface area contributed by atoms with Crippen molar-refractivity contribution in [3.63, 3.8) is 0 Å². The number of alkyl carbamates (subject to hydrolysis) is 1. The number of hydrogen-bond acceptors (Lipinski definition) is 4. The van der Waals surface area contributed by atoms with E-state index >= 15 is 0 Å². The van der Waals surface area contributed by atoms with Crippen LogP contribution in [0.1, 0.15) is 45.7 Å². The largest absolute Gasteiger partial charge is 0.497 e.